The first-order chi connectivity index (χ1) is 5.84. The molecule has 1 unspecified atom stereocenters. The summed E-state index contributed by atoms with van der Waals surface area (Å²) in [5.74, 6) is 0. The molecule has 1 aliphatic heterocycles. The van der Waals surface area contributed by atoms with E-state index in [1.807, 2.05) is 5.51 Å². The summed E-state index contributed by atoms with van der Waals surface area (Å²) < 4.78 is 0. The number of likely N-dealkylation sites (tertiary alicyclic amines) is 1. The van der Waals surface area contributed by atoms with Gasteiger partial charge in [-0.25, -0.2) is 4.98 Å². The van der Waals surface area contributed by atoms with E-state index in [0.29, 0.717) is 6.04 Å². The van der Waals surface area contributed by atoms with Crippen molar-refractivity contribution in [3.8, 4) is 0 Å². The molecule has 0 aromatic carbocycles. The highest BCUT2D eigenvalue weighted by atomic mass is 32.1. The molecule has 1 saturated heterocycles. The Morgan fingerprint density at radius 1 is 1.75 bits per heavy atom. The zero-order valence-corrected chi connectivity index (χ0v) is 7.76. The van der Waals surface area contributed by atoms with Crippen molar-refractivity contribution < 1.29 is 0 Å². The van der Waals surface area contributed by atoms with Gasteiger partial charge in [0.1, 0.15) is 0 Å². The largest absolute Gasteiger partial charge is 0.326 e. The Labute approximate surface area is 76.2 Å². The lowest BCUT2D eigenvalue weighted by Gasteiger charge is -2.12. The fourth-order valence-corrected chi connectivity index (χ4v) is 2.10. The van der Waals surface area contributed by atoms with Gasteiger partial charge in [-0.2, -0.15) is 0 Å². The van der Waals surface area contributed by atoms with E-state index in [4.69, 9.17) is 5.73 Å². The van der Waals surface area contributed by atoms with Gasteiger partial charge in [0.2, 0.25) is 0 Å². The zero-order valence-electron chi connectivity index (χ0n) is 6.94. The molecule has 3 nitrogen and oxygen atoms in total. The lowest BCUT2D eigenvalue weighted by Crippen LogP contribution is -2.26. The smallest absolute Gasteiger partial charge is 0.0795 e. The van der Waals surface area contributed by atoms with Crippen molar-refractivity contribution in [1.29, 1.82) is 0 Å². The molecule has 1 aromatic rings. The van der Waals surface area contributed by atoms with Crippen LogP contribution < -0.4 is 5.73 Å². The first-order valence-corrected chi connectivity index (χ1v) is 5.14. The number of hydrogen-bond acceptors (Lipinski definition) is 4. The van der Waals surface area contributed by atoms with Gasteiger partial charge < -0.3 is 5.73 Å². The van der Waals surface area contributed by atoms with Crippen molar-refractivity contribution in [3.63, 3.8) is 0 Å². The fraction of sp³-hybridized carbons (Fsp3) is 0.625. The van der Waals surface area contributed by atoms with E-state index < -0.39 is 0 Å². The highest BCUT2D eigenvalue weighted by molar-refractivity contribution is 7.07. The summed E-state index contributed by atoms with van der Waals surface area (Å²) in [5, 5.41) is 2.10. The minimum atomic E-state index is 0.378. The summed E-state index contributed by atoms with van der Waals surface area (Å²) in [4.78, 5) is 6.60. The van der Waals surface area contributed by atoms with Crippen molar-refractivity contribution >= 4 is 11.3 Å². The minimum absolute atomic E-state index is 0.378. The Balaban J connectivity index is 1.88. The summed E-state index contributed by atoms with van der Waals surface area (Å²) in [6, 6.07) is 0.378. The SMILES string of the molecule is NC1CCN(Cc2cscn2)C1. The van der Waals surface area contributed by atoms with Crippen molar-refractivity contribution in [2.75, 3.05) is 13.1 Å². The van der Waals surface area contributed by atoms with Gasteiger partial charge in [0.05, 0.1) is 11.2 Å². The Kier molecular flexibility index (Phi) is 2.39. The van der Waals surface area contributed by atoms with Crippen LogP contribution in [0.1, 0.15) is 12.1 Å². The normalized spacial score (nSPS) is 24.9. The summed E-state index contributed by atoms with van der Waals surface area (Å²) in [7, 11) is 0. The summed E-state index contributed by atoms with van der Waals surface area (Å²) in [5.41, 5.74) is 8.85. The molecule has 0 saturated carbocycles. The van der Waals surface area contributed by atoms with Crippen LogP contribution in [0.3, 0.4) is 0 Å². The van der Waals surface area contributed by atoms with Crippen molar-refractivity contribution in [2.45, 2.75) is 19.0 Å². The third kappa shape index (κ3) is 1.83. The lowest BCUT2D eigenvalue weighted by molar-refractivity contribution is 0.323. The van der Waals surface area contributed by atoms with Crippen LogP contribution in [-0.2, 0) is 6.54 Å². The van der Waals surface area contributed by atoms with Crippen molar-refractivity contribution in [3.05, 3.63) is 16.6 Å². The van der Waals surface area contributed by atoms with Crippen LogP contribution in [0.2, 0.25) is 0 Å². The molecular formula is C8H13N3S. The molecule has 0 amide bonds. The molecule has 66 valence electrons. The number of aromatic nitrogens is 1. The molecule has 4 heteroatoms. The fourth-order valence-electron chi connectivity index (χ4n) is 1.55. The first-order valence-electron chi connectivity index (χ1n) is 4.19. The molecule has 0 radical (unpaired) electrons. The second kappa shape index (κ2) is 3.51. The van der Waals surface area contributed by atoms with E-state index in [1.165, 1.54) is 5.69 Å². The molecule has 12 heavy (non-hydrogen) atoms. The molecule has 1 atom stereocenters. The van der Waals surface area contributed by atoms with Crippen LogP contribution in [0.5, 0.6) is 0 Å². The number of hydrogen-bond donors (Lipinski definition) is 1. The minimum Gasteiger partial charge on any atom is -0.326 e. The third-order valence-corrected chi connectivity index (χ3v) is 2.81. The lowest BCUT2D eigenvalue weighted by atomic mass is 10.3. The first kappa shape index (κ1) is 8.16. The molecule has 1 fully saturated rings. The number of rotatable bonds is 2. The Morgan fingerprint density at radius 3 is 3.25 bits per heavy atom. The van der Waals surface area contributed by atoms with Crippen LogP contribution in [0.25, 0.3) is 0 Å². The van der Waals surface area contributed by atoms with Crippen LogP contribution in [0, 0.1) is 0 Å². The molecule has 2 heterocycles. The highest BCUT2D eigenvalue weighted by Crippen LogP contribution is 2.11. The number of nitrogens with zero attached hydrogens (tertiary/aromatic N) is 2. The zero-order chi connectivity index (χ0) is 8.39. The molecule has 1 aromatic heterocycles. The highest BCUT2D eigenvalue weighted by Gasteiger charge is 2.18. The second-order valence-electron chi connectivity index (χ2n) is 3.26. The van der Waals surface area contributed by atoms with E-state index in [9.17, 15) is 0 Å². The van der Waals surface area contributed by atoms with Crippen molar-refractivity contribution in [1.82, 2.24) is 9.88 Å². The van der Waals surface area contributed by atoms with Gasteiger partial charge in [-0.15, -0.1) is 11.3 Å². The van der Waals surface area contributed by atoms with Gasteiger partial charge >= 0.3 is 0 Å². The Morgan fingerprint density at radius 2 is 2.67 bits per heavy atom. The van der Waals surface area contributed by atoms with E-state index in [-0.39, 0.29) is 0 Å². The van der Waals surface area contributed by atoms with Crippen LogP contribution in [-0.4, -0.2) is 29.0 Å². The van der Waals surface area contributed by atoms with Crippen LogP contribution in [0.4, 0.5) is 0 Å². The maximum absolute atomic E-state index is 5.79. The average Bonchev–Trinajstić information content (AvgIpc) is 2.63. The Bertz CT molecular complexity index is 234. The maximum Gasteiger partial charge on any atom is 0.0795 e. The predicted molar refractivity (Wildman–Crippen MR) is 50.0 cm³/mol. The van der Waals surface area contributed by atoms with Gasteiger partial charge in [0.25, 0.3) is 0 Å². The topological polar surface area (TPSA) is 42.1 Å². The monoisotopic (exact) mass is 183 g/mol. The Hall–Kier alpha value is -0.450. The number of nitrogens with two attached hydrogens (primary N) is 1. The molecule has 2 rings (SSSR count). The molecule has 2 N–H and O–H groups in total. The van der Waals surface area contributed by atoms with Gasteiger partial charge in [-0.1, -0.05) is 0 Å². The van der Waals surface area contributed by atoms with E-state index >= 15 is 0 Å². The molecule has 0 spiro atoms. The van der Waals surface area contributed by atoms with E-state index in [0.717, 1.165) is 26.1 Å². The third-order valence-electron chi connectivity index (χ3n) is 2.18. The van der Waals surface area contributed by atoms with Crippen LogP contribution in [0.15, 0.2) is 10.9 Å². The van der Waals surface area contributed by atoms with Crippen molar-refractivity contribution in [2.24, 2.45) is 5.73 Å². The molecular weight excluding hydrogens is 170 g/mol. The van der Waals surface area contributed by atoms with Gasteiger partial charge in [0, 0.05) is 31.1 Å². The molecule has 0 bridgehead atoms. The summed E-state index contributed by atoms with van der Waals surface area (Å²) in [6.07, 6.45) is 1.13. The van der Waals surface area contributed by atoms with Gasteiger partial charge in [0.15, 0.2) is 0 Å². The number of thiazole rings is 1. The van der Waals surface area contributed by atoms with Gasteiger partial charge in [-0.3, -0.25) is 4.90 Å². The standard InChI is InChI=1S/C8H13N3S/c9-7-1-2-11(3-7)4-8-5-12-6-10-8/h5-7H,1-4,9H2. The maximum atomic E-state index is 5.79. The van der Waals surface area contributed by atoms with Crippen LogP contribution >= 0.6 is 11.3 Å². The molecule has 0 aliphatic carbocycles. The predicted octanol–water partition coefficient (Wildman–Crippen LogP) is 0.676. The summed E-state index contributed by atoms with van der Waals surface area (Å²) >= 11 is 1.65. The van der Waals surface area contributed by atoms with Gasteiger partial charge in [-0.05, 0) is 6.42 Å². The quantitative estimate of drug-likeness (QED) is 0.733. The summed E-state index contributed by atoms with van der Waals surface area (Å²) in [6.45, 7) is 3.12. The molecule has 1 aliphatic rings. The van der Waals surface area contributed by atoms with E-state index in [2.05, 4.69) is 15.3 Å². The average molecular weight is 183 g/mol. The van der Waals surface area contributed by atoms with E-state index in [1.54, 1.807) is 11.3 Å². The second-order valence-corrected chi connectivity index (χ2v) is 3.98.